The quantitative estimate of drug-likeness (QED) is 0.419. The molecule has 0 bridgehead atoms. The molecule has 0 aromatic carbocycles. The molecule has 0 N–H and O–H groups in total. The minimum absolute atomic E-state index is 0.623. The van der Waals surface area contributed by atoms with E-state index in [9.17, 15) is 0 Å². The fraction of sp³-hybridized carbons (Fsp3) is 0.857. The third-order valence-electron chi connectivity index (χ3n) is 1.94. The first-order chi connectivity index (χ1) is 7.63. The molecule has 0 heterocycles. The number of unbranched alkanes of at least 4 members (excludes halogenated alkanes) is 1. The molecule has 0 spiro atoms. The average molecular weight is 228 g/mol. The van der Waals surface area contributed by atoms with Crippen molar-refractivity contribution in [2.24, 2.45) is 11.8 Å². The fourth-order valence-corrected chi connectivity index (χ4v) is 1.18. The molecule has 0 rings (SSSR count). The minimum atomic E-state index is 0.623. The van der Waals surface area contributed by atoms with E-state index in [1.54, 1.807) is 0 Å². The van der Waals surface area contributed by atoms with Gasteiger partial charge in [0.25, 0.3) is 0 Å². The van der Waals surface area contributed by atoms with E-state index in [2.05, 4.69) is 39.8 Å². The largest absolute Gasteiger partial charge is 0.381 e. The molecule has 0 fully saturated rings. The Hall–Kier alpha value is -0.340. The normalized spacial score (nSPS) is 12.1. The van der Waals surface area contributed by atoms with Gasteiger partial charge in [0, 0.05) is 19.8 Å². The lowest BCUT2D eigenvalue weighted by Gasteiger charge is -2.05. The van der Waals surface area contributed by atoms with Gasteiger partial charge in [0.1, 0.15) is 0 Å². The third kappa shape index (κ3) is 13.7. The molecule has 0 saturated carbocycles. The first kappa shape index (κ1) is 15.7. The van der Waals surface area contributed by atoms with Crippen molar-refractivity contribution in [2.45, 2.75) is 40.5 Å². The standard InChI is InChI=1S/C14H28O2/c1-13(2)11-15-9-7-5-6-8-10-16-12-14(3)4/h5,7,13-14H,6,8-12H2,1-4H3/b7-5+. The lowest BCUT2D eigenvalue weighted by molar-refractivity contribution is 0.108. The maximum atomic E-state index is 5.49. The summed E-state index contributed by atoms with van der Waals surface area (Å²) < 4.78 is 10.9. The third-order valence-corrected chi connectivity index (χ3v) is 1.94. The molecule has 2 nitrogen and oxygen atoms in total. The first-order valence-corrected chi connectivity index (χ1v) is 6.43. The lowest BCUT2D eigenvalue weighted by atomic mass is 10.2. The minimum Gasteiger partial charge on any atom is -0.381 e. The highest BCUT2D eigenvalue weighted by Crippen LogP contribution is 1.97. The van der Waals surface area contributed by atoms with Gasteiger partial charge in [-0.3, -0.25) is 0 Å². The number of ether oxygens (including phenoxy) is 2. The molecule has 0 aromatic rings. The predicted molar refractivity (Wildman–Crippen MR) is 69.7 cm³/mol. The van der Waals surface area contributed by atoms with Crippen LogP contribution in [0.15, 0.2) is 12.2 Å². The van der Waals surface area contributed by atoms with Crippen LogP contribution in [0, 0.1) is 11.8 Å². The van der Waals surface area contributed by atoms with Crippen molar-refractivity contribution in [1.29, 1.82) is 0 Å². The topological polar surface area (TPSA) is 18.5 Å². The van der Waals surface area contributed by atoms with E-state index >= 15 is 0 Å². The van der Waals surface area contributed by atoms with E-state index in [0.717, 1.165) is 39.3 Å². The molecule has 2 heteroatoms. The van der Waals surface area contributed by atoms with E-state index in [1.807, 2.05) is 0 Å². The highest BCUT2D eigenvalue weighted by molar-refractivity contribution is 4.81. The summed E-state index contributed by atoms with van der Waals surface area (Å²) in [5.74, 6) is 1.26. The summed E-state index contributed by atoms with van der Waals surface area (Å²) >= 11 is 0. The van der Waals surface area contributed by atoms with E-state index in [0.29, 0.717) is 11.8 Å². The zero-order valence-electron chi connectivity index (χ0n) is 11.4. The summed E-state index contributed by atoms with van der Waals surface area (Å²) in [6.45, 7) is 12.0. The second-order valence-electron chi connectivity index (χ2n) is 5.01. The monoisotopic (exact) mass is 228 g/mol. The first-order valence-electron chi connectivity index (χ1n) is 6.43. The van der Waals surface area contributed by atoms with Gasteiger partial charge >= 0.3 is 0 Å². The van der Waals surface area contributed by atoms with Crippen LogP contribution in [0.25, 0.3) is 0 Å². The maximum absolute atomic E-state index is 5.49. The van der Waals surface area contributed by atoms with Crippen molar-refractivity contribution in [3.05, 3.63) is 12.2 Å². The predicted octanol–water partition coefficient (Wildman–Crippen LogP) is 3.67. The molecule has 0 aliphatic heterocycles. The van der Waals surface area contributed by atoms with Crippen molar-refractivity contribution < 1.29 is 9.47 Å². The van der Waals surface area contributed by atoms with Crippen molar-refractivity contribution in [1.82, 2.24) is 0 Å². The summed E-state index contributed by atoms with van der Waals surface area (Å²) in [4.78, 5) is 0. The van der Waals surface area contributed by atoms with Crippen LogP contribution in [0.3, 0.4) is 0 Å². The Morgan fingerprint density at radius 1 is 0.875 bits per heavy atom. The second kappa shape index (κ2) is 11.2. The molecular weight excluding hydrogens is 200 g/mol. The van der Waals surface area contributed by atoms with Gasteiger partial charge in [-0.15, -0.1) is 0 Å². The summed E-state index contributed by atoms with van der Waals surface area (Å²) in [6, 6.07) is 0. The van der Waals surface area contributed by atoms with Gasteiger partial charge in [-0.2, -0.15) is 0 Å². The highest BCUT2D eigenvalue weighted by Gasteiger charge is 1.93. The van der Waals surface area contributed by atoms with Crippen molar-refractivity contribution >= 4 is 0 Å². The van der Waals surface area contributed by atoms with Crippen LogP contribution in [0.1, 0.15) is 40.5 Å². The van der Waals surface area contributed by atoms with E-state index < -0.39 is 0 Å². The van der Waals surface area contributed by atoms with Gasteiger partial charge in [-0.05, 0) is 24.7 Å². The van der Waals surface area contributed by atoms with Crippen LogP contribution in [0.5, 0.6) is 0 Å². The summed E-state index contributed by atoms with van der Waals surface area (Å²) in [5, 5.41) is 0. The van der Waals surface area contributed by atoms with Gasteiger partial charge in [0.15, 0.2) is 0 Å². The molecule has 0 amide bonds. The Bertz CT molecular complexity index is 162. The SMILES string of the molecule is CC(C)COC/C=C/CCCOCC(C)C. The molecule has 0 saturated heterocycles. The number of rotatable bonds is 10. The zero-order chi connectivity index (χ0) is 12.2. The summed E-state index contributed by atoms with van der Waals surface area (Å²) in [6.07, 6.45) is 6.47. The van der Waals surface area contributed by atoms with Crippen LogP contribution in [-0.4, -0.2) is 26.4 Å². The number of hydrogen-bond acceptors (Lipinski definition) is 2. The molecule has 0 aromatic heterocycles. The van der Waals surface area contributed by atoms with Gasteiger partial charge < -0.3 is 9.47 Å². The summed E-state index contributed by atoms with van der Waals surface area (Å²) in [7, 11) is 0. The molecule has 0 radical (unpaired) electrons. The Labute approximate surface area is 101 Å². The van der Waals surface area contributed by atoms with Crippen molar-refractivity contribution in [2.75, 3.05) is 26.4 Å². The maximum Gasteiger partial charge on any atom is 0.0647 e. The van der Waals surface area contributed by atoms with Crippen LogP contribution in [0.4, 0.5) is 0 Å². The lowest BCUT2D eigenvalue weighted by Crippen LogP contribution is -2.02. The Morgan fingerprint density at radius 2 is 1.50 bits per heavy atom. The zero-order valence-corrected chi connectivity index (χ0v) is 11.4. The van der Waals surface area contributed by atoms with Crippen LogP contribution < -0.4 is 0 Å². The van der Waals surface area contributed by atoms with Gasteiger partial charge in [-0.1, -0.05) is 39.8 Å². The van der Waals surface area contributed by atoms with Crippen LogP contribution >= 0.6 is 0 Å². The van der Waals surface area contributed by atoms with Gasteiger partial charge in [-0.25, -0.2) is 0 Å². The van der Waals surface area contributed by atoms with Crippen LogP contribution in [0.2, 0.25) is 0 Å². The average Bonchev–Trinajstić information content (AvgIpc) is 2.20. The van der Waals surface area contributed by atoms with E-state index in [4.69, 9.17) is 9.47 Å². The second-order valence-corrected chi connectivity index (χ2v) is 5.01. The fourth-order valence-electron chi connectivity index (χ4n) is 1.18. The van der Waals surface area contributed by atoms with E-state index in [-0.39, 0.29) is 0 Å². The molecule has 0 unspecified atom stereocenters. The smallest absolute Gasteiger partial charge is 0.0647 e. The molecule has 0 atom stereocenters. The summed E-state index contributed by atoms with van der Waals surface area (Å²) in [5.41, 5.74) is 0. The molecular formula is C14H28O2. The van der Waals surface area contributed by atoms with Crippen molar-refractivity contribution in [3.63, 3.8) is 0 Å². The molecule has 0 aliphatic rings. The van der Waals surface area contributed by atoms with Crippen LogP contribution in [-0.2, 0) is 9.47 Å². The molecule has 96 valence electrons. The highest BCUT2D eigenvalue weighted by atomic mass is 16.5. The van der Waals surface area contributed by atoms with E-state index in [1.165, 1.54) is 0 Å². The van der Waals surface area contributed by atoms with Gasteiger partial charge in [0.2, 0.25) is 0 Å². The molecule has 16 heavy (non-hydrogen) atoms. The Morgan fingerprint density at radius 3 is 2.12 bits per heavy atom. The molecule has 0 aliphatic carbocycles. The van der Waals surface area contributed by atoms with Gasteiger partial charge in [0.05, 0.1) is 6.61 Å². The Balaban J connectivity index is 3.10. The van der Waals surface area contributed by atoms with Crippen molar-refractivity contribution in [3.8, 4) is 0 Å². The Kier molecular flexibility index (Phi) is 10.9. The number of hydrogen-bond donors (Lipinski definition) is 0. The number of allylic oxidation sites excluding steroid dienone is 1.